The monoisotopic (exact) mass is 246 g/mol. The lowest BCUT2D eigenvalue weighted by Gasteiger charge is -2.27. The average molecular weight is 246 g/mol. The summed E-state index contributed by atoms with van der Waals surface area (Å²) in [5.74, 6) is 0.685. The molecule has 100 valence electrons. The highest BCUT2D eigenvalue weighted by molar-refractivity contribution is 5.56. The molecule has 1 unspecified atom stereocenters. The lowest BCUT2D eigenvalue weighted by atomic mass is 9.82. The van der Waals surface area contributed by atoms with Crippen LogP contribution in [0, 0.1) is 11.3 Å². The van der Waals surface area contributed by atoms with Gasteiger partial charge >= 0.3 is 0 Å². The van der Waals surface area contributed by atoms with Gasteiger partial charge in [0.25, 0.3) is 0 Å². The molecule has 0 saturated heterocycles. The number of fused-ring (bicyclic) bond motifs is 1. The van der Waals surface area contributed by atoms with Gasteiger partial charge in [-0.2, -0.15) is 0 Å². The highest BCUT2D eigenvalue weighted by Crippen LogP contribution is 2.25. The molecule has 18 heavy (non-hydrogen) atoms. The van der Waals surface area contributed by atoms with E-state index in [1.54, 1.807) is 0 Å². The van der Waals surface area contributed by atoms with Gasteiger partial charge in [-0.1, -0.05) is 39.8 Å². The first-order chi connectivity index (χ1) is 8.47. The second-order valence-corrected chi connectivity index (χ2v) is 6.57. The van der Waals surface area contributed by atoms with Crippen LogP contribution in [0.4, 0.5) is 5.69 Å². The zero-order valence-corrected chi connectivity index (χ0v) is 12.1. The van der Waals surface area contributed by atoms with Crippen molar-refractivity contribution in [2.24, 2.45) is 11.3 Å². The molecule has 2 rings (SSSR count). The molecule has 1 aliphatic heterocycles. The summed E-state index contributed by atoms with van der Waals surface area (Å²) in [6.07, 6.45) is 1.17. The second kappa shape index (κ2) is 5.31. The number of nitrogens with one attached hydrogen (secondary N) is 2. The number of anilines is 1. The molecule has 1 aromatic rings. The van der Waals surface area contributed by atoms with Crippen LogP contribution in [0.5, 0.6) is 0 Å². The fourth-order valence-corrected chi connectivity index (χ4v) is 2.19. The third kappa shape index (κ3) is 3.26. The summed E-state index contributed by atoms with van der Waals surface area (Å²) in [7, 11) is 0. The van der Waals surface area contributed by atoms with Gasteiger partial charge in [-0.25, -0.2) is 0 Å². The molecule has 0 radical (unpaired) electrons. The Hall–Kier alpha value is -1.02. The van der Waals surface area contributed by atoms with Crippen molar-refractivity contribution in [3.05, 3.63) is 29.3 Å². The van der Waals surface area contributed by atoms with E-state index >= 15 is 0 Å². The first-order valence-corrected chi connectivity index (χ1v) is 7.03. The number of hydrogen-bond acceptors (Lipinski definition) is 2. The van der Waals surface area contributed by atoms with Crippen LogP contribution in [0.1, 0.15) is 38.8 Å². The highest BCUT2D eigenvalue weighted by atomic mass is 14.9. The third-order valence-electron chi connectivity index (χ3n) is 4.14. The molecule has 2 heteroatoms. The summed E-state index contributed by atoms with van der Waals surface area (Å²) in [5.41, 5.74) is 4.55. The Labute approximate surface area is 111 Å². The first kappa shape index (κ1) is 13.4. The second-order valence-electron chi connectivity index (χ2n) is 6.57. The number of rotatable bonds is 4. The number of hydrogen-bond donors (Lipinski definition) is 2. The summed E-state index contributed by atoms with van der Waals surface area (Å²) in [6, 6.07) is 6.80. The first-order valence-electron chi connectivity index (χ1n) is 7.03. The van der Waals surface area contributed by atoms with Gasteiger partial charge in [0.2, 0.25) is 0 Å². The Morgan fingerprint density at radius 3 is 2.83 bits per heavy atom. The van der Waals surface area contributed by atoms with Crippen LogP contribution < -0.4 is 10.6 Å². The molecule has 0 amide bonds. The van der Waals surface area contributed by atoms with Crippen molar-refractivity contribution < 1.29 is 0 Å². The van der Waals surface area contributed by atoms with E-state index in [1.807, 2.05) is 0 Å². The van der Waals surface area contributed by atoms with Crippen molar-refractivity contribution in [3.63, 3.8) is 0 Å². The summed E-state index contributed by atoms with van der Waals surface area (Å²) in [4.78, 5) is 0. The Bertz CT molecular complexity index is 404. The van der Waals surface area contributed by atoms with E-state index in [0.717, 1.165) is 19.6 Å². The van der Waals surface area contributed by atoms with E-state index in [1.165, 1.54) is 23.2 Å². The third-order valence-corrected chi connectivity index (χ3v) is 4.14. The van der Waals surface area contributed by atoms with Crippen LogP contribution in [-0.2, 0) is 13.0 Å². The van der Waals surface area contributed by atoms with Gasteiger partial charge in [0.05, 0.1) is 0 Å². The van der Waals surface area contributed by atoms with E-state index in [0.29, 0.717) is 11.3 Å². The molecular weight excluding hydrogens is 220 g/mol. The molecule has 1 aliphatic rings. The molecule has 2 nitrogen and oxygen atoms in total. The zero-order chi connectivity index (χ0) is 13.2. The van der Waals surface area contributed by atoms with Crippen molar-refractivity contribution in [3.8, 4) is 0 Å². The predicted octanol–water partition coefficient (Wildman–Crippen LogP) is 3.43. The van der Waals surface area contributed by atoms with Gasteiger partial charge in [0.1, 0.15) is 0 Å². The lowest BCUT2D eigenvalue weighted by molar-refractivity contribution is 0.252. The quantitative estimate of drug-likeness (QED) is 0.850. The van der Waals surface area contributed by atoms with Crippen LogP contribution in [-0.4, -0.2) is 13.1 Å². The van der Waals surface area contributed by atoms with E-state index in [-0.39, 0.29) is 0 Å². The van der Waals surface area contributed by atoms with Crippen LogP contribution >= 0.6 is 0 Å². The topological polar surface area (TPSA) is 24.1 Å². The Kier molecular flexibility index (Phi) is 3.96. The number of benzene rings is 1. The maximum atomic E-state index is 3.57. The fourth-order valence-electron chi connectivity index (χ4n) is 2.19. The van der Waals surface area contributed by atoms with E-state index in [9.17, 15) is 0 Å². The maximum absolute atomic E-state index is 3.57. The van der Waals surface area contributed by atoms with Gasteiger partial charge in [0.15, 0.2) is 0 Å². The fraction of sp³-hybridized carbons (Fsp3) is 0.625. The van der Waals surface area contributed by atoms with Crippen LogP contribution in [0.2, 0.25) is 0 Å². The minimum absolute atomic E-state index is 0.381. The van der Waals surface area contributed by atoms with Crippen LogP contribution in [0.3, 0.4) is 0 Å². The van der Waals surface area contributed by atoms with Crippen molar-refractivity contribution in [1.82, 2.24) is 5.32 Å². The molecule has 0 aliphatic carbocycles. The highest BCUT2D eigenvalue weighted by Gasteiger charge is 2.19. The summed E-state index contributed by atoms with van der Waals surface area (Å²) in [5, 5.41) is 7.01. The SMILES string of the molecule is CC(CNCc1ccc2c(c1)NCC2)C(C)(C)C. The van der Waals surface area contributed by atoms with Gasteiger partial charge < -0.3 is 10.6 Å². The molecule has 1 heterocycles. The van der Waals surface area contributed by atoms with Crippen molar-refractivity contribution >= 4 is 5.69 Å². The molecule has 0 spiro atoms. The van der Waals surface area contributed by atoms with Crippen molar-refractivity contribution in [2.75, 3.05) is 18.4 Å². The summed E-state index contributed by atoms with van der Waals surface area (Å²) >= 11 is 0. The summed E-state index contributed by atoms with van der Waals surface area (Å²) in [6.45, 7) is 12.4. The smallest absolute Gasteiger partial charge is 0.0376 e. The minimum Gasteiger partial charge on any atom is -0.384 e. The average Bonchev–Trinajstić information content (AvgIpc) is 2.74. The van der Waals surface area contributed by atoms with E-state index < -0.39 is 0 Å². The minimum atomic E-state index is 0.381. The molecule has 0 bridgehead atoms. The molecule has 1 atom stereocenters. The summed E-state index contributed by atoms with van der Waals surface area (Å²) < 4.78 is 0. The van der Waals surface area contributed by atoms with Crippen LogP contribution in [0.25, 0.3) is 0 Å². The normalized spacial score (nSPS) is 16.2. The van der Waals surface area contributed by atoms with Gasteiger partial charge in [-0.05, 0) is 41.5 Å². The molecular formula is C16H26N2. The predicted molar refractivity (Wildman–Crippen MR) is 79.0 cm³/mol. The Balaban J connectivity index is 1.84. The lowest BCUT2D eigenvalue weighted by Crippen LogP contribution is -2.29. The van der Waals surface area contributed by atoms with Gasteiger partial charge in [-0.3, -0.25) is 0 Å². The van der Waals surface area contributed by atoms with E-state index in [2.05, 4.69) is 56.5 Å². The maximum Gasteiger partial charge on any atom is 0.0376 e. The standard InChI is InChI=1S/C16H26N2/c1-12(16(2,3)4)10-17-11-13-5-6-14-7-8-18-15(14)9-13/h5-6,9,12,17-18H,7-8,10-11H2,1-4H3. The molecule has 0 aromatic heterocycles. The Morgan fingerprint density at radius 1 is 1.33 bits per heavy atom. The molecule has 1 aromatic carbocycles. The molecule has 0 fully saturated rings. The largest absolute Gasteiger partial charge is 0.384 e. The van der Waals surface area contributed by atoms with Gasteiger partial charge in [-0.15, -0.1) is 0 Å². The zero-order valence-electron chi connectivity index (χ0n) is 12.1. The Morgan fingerprint density at radius 2 is 2.11 bits per heavy atom. The molecule has 0 saturated carbocycles. The van der Waals surface area contributed by atoms with Crippen molar-refractivity contribution in [1.29, 1.82) is 0 Å². The van der Waals surface area contributed by atoms with E-state index in [4.69, 9.17) is 0 Å². The van der Waals surface area contributed by atoms with Crippen LogP contribution in [0.15, 0.2) is 18.2 Å². The van der Waals surface area contributed by atoms with Gasteiger partial charge in [0, 0.05) is 18.8 Å². The molecule has 2 N–H and O–H groups in total. The van der Waals surface area contributed by atoms with Crippen molar-refractivity contribution in [2.45, 2.75) is 40.7 Å².